The van der Waals surface area contributed by atoms with E-state index in [-0.39, 0.29) is 10.7 Å². The predicted molar refractivity (Wildman–Crippen MR) is 83.7 cm³/mol. The summed E-state index contributed by atoms with van der Waals surface area (Å²) < 4.78 is 23.7. The van der Waals surface area contributed by atoms with Gasteiger partial charge >= 0.3 is 0 Å². The van der Waals surface area contributed by atoms with Crippen molar-refractivity contribution in [1.29, 1.82) is 0 Å². The lowest BCUT2D eigenvalue weighted by Gasteiger charge is -2.15. The van der Waals surface area contributed by atoms with Gasteiger partial charge in [0.2, 0.25) is 0 Å². The van der Waals surface area contributed by atoms with E-state index in [0.29, 0.717) is 27.9 Å². The molecular weight excluding hydrogens is 318 g/mol. The van der Waals surface area contributed by atoms with E-state index in [4.69, 9.17) is 38.4 Å². The van der Waals surface area contributed by atoms with Gasteiger partial charge in [0.1, 0.15) is 17.3 Å². The zero-order chi connectivity index (χ0) is 15.6. The zero-order valence-electron chi connectivity index (χ0n) is 11.3. The molecule has 0 aliphatic rings. The Bertz CT molecular complexity index is 681. The molecule has 0 radical (unpaired) electrons. The molecule has 0 saturated heterocycles. The van der Waals surface area contributed by atoms with E-state index in [1.54, 1.807) is 12.1 Å². The van der Waals surface area contributed by atoms with Crippen LogP contribution in [0.2, 0.25) is 10.0 Å². The fourth-order valence-electron chi connectivity index (χ4n) is 1.77. The highest BCUT2D eigenvalue weighted by molar-refractivity contribution is 6.32. The van der Waals surface area contributed by atoms with Crippen molar-refractivity contribution in [3.8, 4) is 11.5 Å². The van der Waals surface area contributed by atoms with Crippen LogP contribution in [0.15, 0.2) is 24.3 Å². The molecule has 0 saturated carbocycles. The molecule has 2 rings (SSSR count). The minimum Gasteiger partial charge on any atom is -0.495 e. The first kappa shape index (κ1) is 15.5. The minimum atomic E-state index is -0.584. The van der Waals surface area contributed by atoms with Gasteiger partial charge in [-0.2, -0.15) is 0 Å². The third kappa shape index (κ3) is 3.25. The number of halogens is 3. The highest BCUT2D eigenvalue weighted by Crippen LogP contribution is 2.38. The molecular formula is C14H13Cl2FN2O2. The Morgan fingerprint density at radius 1 is 0.952 bits per heavy atom. The molecule has 0 heterocycles. The van der Waals surface area contributed by atoms with E-state index in [1.165, 1.54) is 20.3 Å². The van der Waals surface area contributed by atoms with Crippen LogP contribution in [-0.2, 0) is 0 Å². The first-order valence-corrected chi connectivity index (χ1v) is 6.65. The second-order valence-electron chi connectivity index (χ2n) is 4.17. The average Bonchev–Trinajstić information content (AvgIpc) is 2.45. The molecule has 4 nitrogen and oxygen atoms in total. The SMILES string of the molecule is COc1cc(OC)c(Nc2cc(Cl)c(F)cc2N)cc1Cl. The van der Waals surface area contributed by atoms with Crippen LogP contribution in [0.5, 0.6) is 11.5 Å². The third-order valence-corrected chi connectivity index (χ3v) is 3.42. The first-order chi connectivity index (χ1) is 9.96. The van der Waals surface area contributed by atoms with Crippen molar-refractivity contribution < 1.29 is 13.9 Å². The summed E-state index contributed by atoms with van der Waals surface area (Å²) in [7, 11) is 3.01. The Morgan fingerprint density at radius 3 is 2.19 bits per heavy atom. The van der Waals surface area contributed by atoms with Crippen LogP contribution in [0.1, 0.15) is 0 Å². The lowest BCUT2D eigenvalue weighted by molar-refractivity contribution is 0.396. The summed E-state index contributed by atoms with van der Waals surface area (Å²) in [4.78, 5) is 0. The molecule has 0 aliphatic heterocycles. The van der Waals surface area contributed by atoms with Crippen LogP contribution in [0.4, 0.5) is 21.5 Å². The van der Waals surface area contributed by atoms with Crippen LogP contribution < -0.4 is 20.5 Å². The molecule has 0 amide bonds. The van der Waals surface area contributed by atoms with E-state index in [9.17, 15) is 4.39 Å². The number of hydrogen-bond donors (Lipinski definition) is 2. The summed E-state index contributed by atoms with van der Waals surface area (Å²) in [6.07, 6.45) is 0. The summed E-state index contributed by atoms with van der Waals surface area (Å²) in [6.45, 7) is 0. The molecule has 0 fully saturated rings. The van der Waals surface area contributed by atoms with Crippen LogP contribution >= 0.6 is 23.2 Å². The smallest absolute Gasteiger partial charge is 0.146 e. The van der Waals surface area contributed by atoms with Gasteiger partial charge in [0.15, 0.2) is 0 Å². The number of nitrogens with two attached hydrogens (primary N) is 1. The lowest BCUT2D eigenvalue weighted by Crippen LogP contribution is -2.00. The number of nitrogens with one attached hydrogen (secondary N) is 1. The maximum Gasteiger partial charge on any atom is 0.146 e. The fraction of sp³-hybridized carbons (Fsp3) is 0.143. The van der Waals surface area contributed by atoms with E-state index in [0.717, 1.165) is 6.07 Å². The Kier molecular flexibility index (Phi) is 4.65. The number of hydrogen-bond acceptors (Lipinski definition) is 4. The van der Waals surface area contributed by atoms with Crippen molar-refractivity contribution >= 4 is 40.3 Å². The largest absolute Gasteiger partial charge is 0.495 e. The van der Waals surface area contributed by atoms with Gasteiger partial charge < -0.3 is 20.5 Å². The van der Waals surface area contributed by atoms with Gasteiger partial charge in [0.25, 0.3) is 0 Å². The Labute approximate surface area is 131 Å². The molecule has 7 heteroatoms. The number of methoxy groups -OCH3 is 2. The molecule has 0 aromatic heterocycles. The Morgan fingerprint density at radius 2 is 1.57 bits per heavy atom. The topological polar surface area (TPSA) is 56.5 Å². The van der Waals surface area contributed by atoms with Crippen molar-refractivity contribution in [1.82, 2.24) is 0 Å². The predicted octanol–water partition coefficient (Wildman–Crippen LogP) is 4.48. The molecule has 2 aromatic rings. The zero-order valence-corrected chi connectivity index (χ0v) is 12.8. The van der Waals surface area contributed by atoms with E-state index < -0.39 is 5.82 Å². The number of anilines is 3. The maximum absolute atomic E-state index is 13.3. The van der Waals surface area contributed by atoms with Gasteiger partial charge in [0, 0.05) is 12.1 Å². The fourth-order valence-corrected chi connectivity index (χ4v) is 2.18. The lowest BCUT2D eigenvalue weighted by atomic mass is 10.2. The van der Waals surface area contributed by atoms with Crippen LogP contribution in [0.3, 0.4) is 0 Å². The molecule has 0 spiro atoms. The highest BCUT2D eigenvalue weighted by atomic mass is 35.5. The van der Waals surface area contributed by atoms with Gasteiger partial charge in [0.05, 0.1) is 41.3 Å². The summed E-state index contributed by atoms with van der Waals surface area (Å²) in [5.74, 6) is 0.389. The number of nitrogen functional groups attached to an aromatic ring is 1. The first-order valence-electron chi connectivity index (χ1n) is 5.89. The molecule has 112 valence electrons. The Hall–Kier alpha value is -1.85. The maximum atomic E-state index is 13.3. The average molecular weight is 331 g/mol. The standard InChI is InChI=1S/C14H13Cl2FN2O2/c1-20-13-6-14(21-2)12(4-8(13)16)19-11-3-7(15)9(17)5-10(11)18/h3-6,19H,18H2,1-2H3. The Balaban J connectivity index is 2.44. The van der Waals surface area contributed by atoms with Crippen LogP contribution in [0.25, 0.3) is 0 Å². The second kappa shape index (κ2) is 6.28. The van der Waals surface area contributed by atoms with Gasteiger partial charge in [-0.15, -0.1) is 0 Å². The van der Waals surface area contributed by atoms with Crippen molar-refractivity contribution in [2.24, 2.45) is 0 Å². The van der Waals surface area contributed by atoms with Crippen molar-refractivity contribution in [2.75, 3.05) is 25.3 Å². The normalized spacial score (nSPS) is 10.3. The number of ether oxygens (including phenoxy) is 2. The summed E-state index contributed by atoms with van der Waals surface area (Å²) in [5, 5.41) is 3.37. The van der Waals surface area contributed by atoms with E-state index >= 15 is 0 Å². The summed E-state index contributed by atoms with van der Waals surface area (Å²) in [5.41, 5.74) is 6.98. The van der Waals surface area contributed by atoms with Gasteiger partial charge in [-0.3, -0.25) is 0 Å². The van der Waals surface area contributed by atoms with Crippen molar-refractivity contribution in [3.05, 3.63) is 40.1 Å². The molecule has 21 heavy (non-hydrogen) atoms. The third-order valence-electron chi connectivity index (χ3n) is 2.84. The summed E-state index contributed by atoms with van der Waals surface area (Å²) in [6, 6.07) is 5.79. The molecule has 0 unspecified atom stereocenters. The van der Waals surface area contributed by atoms with E-state index in [1.807, 2.05) is 0 Å². The van der Waals surface area contributed by atoms with E-state index in [2.05, 4.69) is 5.32 Å². The van der Waals surface area contributed by atoms with Gasteiger partial charge in [-0.1, -0.05) is 23.2 Å². The van der Waals surface area contributed by atoms with Gasteiger partial charge in [-0.25, -0.2) is 4.39 Å². The van der Waals surface area contributed by atoms with Crippen LogP contribution in [-0.4, -0.2) is 14.2 Å². The number of rotatable bonds is 4. The number of benzene rings is 2. The van der Waals surface area contributed by atoms with Gasteiger partial charge in [-0.05, 0) is 12.1 Å². The van der Waals surface area contributed by atoms with Crippen molar-refractivity contribution in [3.63, 3.8) is 0 Å². The van der Waals surface area contributed by atoms with Crippen LogP contribution in [0, 0.1) is 5.82 Å². The highest BCUT2D eigenvalue weighted by Gasteiger charge is 2.12. The summed E-state index contributed by atoms with van der Waals surface area (Å²) >= 11 is 11.8. The molecule has 0 atom stereocenters. The molecule has 0 aliphatic carbocycles. The van der Waals surface area contributed by atoms with Crippen molar-refractivity contribution in [2.45, 2.75) is 0 Å². The molecule has 0 bridgehead atoms. The second-order valence-corrected chi connectivity index (χ2v) is 4.98. The minimum absolute atomic E-state index is 0.0368. The molecule has 3 N–H and O–H groups in total. The monoisotopic (exact) mass is 330 g/mol. The molecule has 2 aromatic carbocycles. The quantitative estimate of drug-likeness (QED) is 0.812.